The van der Waals surface area contributed by atoms with Crippen LogP contribution in [-0.2, 0) is 17.8 Å². The van der Waals surface area contributed by atoms with Gasteiger partial charge in [0.1, 0.15) is 0 Å². The van der Waals surface area contributed by atoms with Crippen molar-refractivity contribution >= 4 is 5.91 Å². The van der Waals surface area contributed by atoms with Crippen molar-refractivity contribution in [3.8, 4) is 0 Å². The minimum absolute atomic E-state index is 0.0922. The first kappa shape index (κ1) is 15.0. The minimum atomic E-state index is -0.895. The number of carbonyl (C=O) groups excluding carboxylic acids is 1. The highest BCUT2D eigenvalue weighted by Crippen LogP contribution is 2.11. The number of rotatable bonds is 5. The molecule has 0 atom stereocenters. The molecule has 2 aromatic rings. The van der Waals surface area contributed by atoms with E-state index in [-0.39, 0.29) is 12.3 Å². The lowest BCUT2D eigenvalue weighted by molar-refractivity contribution is -0.130. The maximum atomic E-state index is 13.1. The topological polar surface area (TPSA) is 46.1 Å². The molecule has 0 fully saturated rings. The van der Waals surface area contributed by atoms with Crippen LogP contribution in [0, 0.1) is 11.6 Å². The van der Waals surface area contributed by atoms with Crippen molar-refractivity contribution in [2.45, 2.75) is 19.4 Å². The van der Waals surface area contributed by atoms with E-state index >= 15 is 0 Å². The number of nitrogens with zero attached hydrogens (tertiary/aromatic N) is 3. The van der Waals surface area contributed by atoms with Crippen LogP contribution in [-0.4, -0.2) is 27.8 Å². The fourth-order valence-electron chi connectivity index (χ4n) is 1.88. The van der Waals surface area contributed by atoms with E-state index in [9.17, 15) is 13.6 Å². The van der Waals surface area contributed by atoms with Crippen LogP contribution in [0.3, 0.4) is 0 Å². The molecule has 0 aliphatic carbocycles. The molecule has 6 heteroatoms. The third kappa shape index (κ3) is 4.30. The Bertz CT molecular complexity index is 620. The molecule has 2 rings (SSSR count). The fourth-order valence-corrected chi connectivity index (χ4v) is 1.88. The summed E-state index contributed by atoms with van der Waals surface area (Å²) in [6, 6.07) is 3.66. The van der Waals surface area contributed by atoms with Crippen molar-refractivity contribution in [1.82, 2.24) is 14.9 Å². The van der Waals surface area contributed by atoms with Gasteiger partial charge in [0.05, 0.1) is 18.4 Å². The van der Waals surface area contributed by atoms with Gasteiger partial charge in [-0.25, -0.2) is 8.78 Å². The predicted octanol–water partition coefficient (Wildman–Crippen LogP) is 2.35. The summed E-state index contributed by atoms with van der Waals surface area (Å²) in [6.45, 7) is 0.366. The van der Waals surface area contributed by atoms with E-state index in [0.29, 0.717) is 24.2 Å². The minimum Gasteiger partial charge on any atom is -0.340 e. The fraction of sp³-hybridized carbons (Fsp3) is 0.267. The van der Waals surface area contributed by atoms with Crippen LogP contribution < -0.4 is 0 Å². The standard InChI is InChI=1S/C15H15F2N3O/c1-20(10-12-9-18-6-7-19-12)15(21)5-3-11-2-4-13(16)14(17)8-11/h2,4,6-9H,3,5,10H2,1H3. The van der Waals surface area contributed by atoms with Gasteiger partial charge in [-0.05, 0) is 24.1 Å². The summed E-state index contributed by atoms with van der Waals surface area (Å²) in [5.74, 6) is -1.87. The third-order valence-electron chi connectivity index (χ3n) is 3.05. The average Bonchev–Trinajstić information content (AvgIpc) is 2.49. The van der Waals surface area contributed by atoms with Gasteiger partial charge in [0.25, 0.3) is 0 Å². The predicted molar refractivity (Wildman–Crippen MR) is 73.2 cm³/mol. The summed E-state index contributed by atoms with van der Waals surface area (Å²) in [5.41, 5.74) is 1.29. The molecular weight excluding hydrogens is 276 g/mol. The van der Waals surface area contributed by atoms with E-state index in [2.05, 4.69) is 9.97 Å². The molecule has 1 aromatic carbocycles. The maximum Gasteiger partial charge on any atom is 0.222 e. The van der Waals surface area contributed by atoms with Crippen molar-refractivity contribution in [3.63, 3.8) is 0 Å². The summed E-state index contributed by atoms with van der Waals surface area (Å²) >= 11 is 0. The van der Waals surface area contributed by atoms with Crippen LogP contribution in [0.2, 0.25) is 0 Å². The molecule has 0 N–H and O–H groups in total. The molecule has 21 heavy (non-hydrogen) atoms. The maximum absolute atomic E-state index is 13.1. The Balaban J connectivity index is 1.87. The van der Waals surface area contributed by atoms with E-state index in [4.69, 9.17) is 0 Å². The Morgan fingerprint density at radius 1 is 1.24 bits per heavy atom. The van der Waals surface area contributed by atoms with E-state index in [1.807, 2.05) is 0 Å². The molecule has 4 nitrogen and oxygen atoms in total. The first-order valence-electron chi connectivity index (χ1n) is 6.49. The van der Waals surface area contributed by atoms with Gasteiger partial charge in [-0.2, -0.15) is 0 Å². The molecule has 1 amide bonds. The van der Waals surface area contributed by atoms with Gasteiger partial charge < -0.3 is 4.90 Å². The van der Waals surface area contributed by atoms with Crippen molar-refractivity contribution < 1.29 is 13.6 Å². The molecule has 0 saturated heterocycles. The lowest BCUT2D eigenvalue weighted by Crippen LogP contribution is -2.26. The molecular formula is C15H15F2N3O. The van der Waals surface area contributed by atoms with Crippen molar-refractivity contribution in [2.75, 3.05) is 7.05 Å². The average molecular weight is 291 g/mol. The largest absolute Gasteiger partial charge is 0.340 e. The van der Waals surface area contributed by atoms with E-state index in [0.717, 1.165) is 12.1 Å². The molecule has 1 aromatic heterocycles. The number of hydrogen-bond donors (Lipinski definition) is 0. The molecule has 1 heterocycles. The Labute approximate surface area is 121 Å². The Hall–Kier alpha value is -2.37. The highest BCUT2D eigenvalue weighted by Gasteiger charge is 2.11. The number of halogens is 2. The SMILES string of the molecule is CN(Cc1cnccn1)C(=O)CCc1ccc(F)c(F)c1. The molecule has 0 aliphatic heterocycles. The van der Waals surface area contributed by atoms with Gasteiger partial charge in [0.15, 0.2) is 11.6 Å². The summed E-state index contributed by atoms with van der Waals surface area (Å²) in [6.07, 6.45) is 5.31. The Morgan fingerprint density at radius 2 is 2.05 bits per heavy atom. The lowest BCUT2D eigenvalue weighted by Gasteiger charge is -2.16. The Morgan fingerprint density at radius 3 is 2.71 bits per heavy atom. The third-order valence-corrected chi connectivity index (χ3v) is 3.05. The molecule has 0 unspecified atom stereocenters. The van der Waals surface area contributed by atoms with Crippen LogP contribution in [0.5, 0.6) is 0 Å². The van der Waals surface area contributed by atoms with Crippen molar-refractivity contribution in [3.05, 3.63) is 59.7 Å². The number of aryl methyl sites for hydroxylation is 1. The molecule has 0 spiro atoms. The highest BCUT2D eigenvalue weighted by atomic mass is 19.2. The van der Waals surface area contributed by atoms with Gasteiger partial charge in [0.2, 0.25) is 5.91 Å². The molecule has 0 bridgehead atoms. The lowest BCUT2D eigenvalue weighted by atomic mass is 10.1. The summed E-state index contributed by atoms with van der Waals surface area (Å²) in [4.78, 5) is 21.5. The van der Waals surface area contributed by atoms with E-state index in [1.54, 1.807) is 25.6 Å². The normalized spacial score (nSPS) is 10.4. The van der Waals surface area contributed by atoms with Gasteiger partial charge in [-0.1, -0.05) is 6.07 Å². The smallest absolute Gasteiger partial charge is 0.222 e. The zero-order chi connectivity index (χ0) is 15.2. The molecule has 0 saturated carbocycles. The Kier molecular flexibility index (Phi) is 4.92. The quantitative estimate of drug-likeness (QED) is 0.849. The molecule has 0 radical (unpaired) electrons. The second-order valence-electron chi connectivity index (χ2n) is 4.70. The zero-order valence-corrected chi connectivity index (χ0v) is 11.6. The van der Waals surface area contributed by atoms with Crippen LogP contribution in [0.15, 0.2) is 36.8 Å². The van der Waals surface area contributed by atoms with Gasteiger partial charge in [-0.3, -0.25) is 14.8 Å². The summed E-state index contributed by atoms with van der Waals surface area (Å²) in [7, 11) is 1.67. The van der Waals surface area contributed by atoms with Gasteiger partial charge in [0, 0.05) is 25.9 Å². The number of amides is 1. The van der Waals surface area contributed by atoms with Crippen LogP contribution in [0.25, 0.3) is 0 Å². The first-order valence-corrected chi connectivity index (χ1v) is 6.49. The van der Waals surface area contributed by atoms with E-state index < -0.39 is 11.6 Å². The molecule has 110 valence electrons. The number of carbonyl (C=O) groups is 1. The van der Waals surface area contributed by atoms with Crippen molar-refractivity contribution in [1.29, 1.82) is 0 Å². The van der Waals surface area contributed by atoms with Crippen LogP contribution in [0.4, 0.5) is 8.78 Å². The summed E-state index contributed by atoms with van der Waals surface area (Å²) in [5, 5.41) is 0. The highest BCUT2D eigenvalue weighted by molar-refractivity contribution is 5.76. The van der Waals surface area contributed by atoms with E-state index in [1.165, 1.54) is 11.0 Å². The number of aromatic nitrogens is 2. The van der Waals surface area contributed by atoms with Crippen LogP contribution in [0.1, 0.15) is 17.7 Å². The monoisotopic (exact) mass is 291 g/mol. The van der Waals surface area contributed by atoms with Gasteiger partial charge in [-0.15, -0.1) is 0 Å². The zero-order valence-electron chi connectivity index (χ0n) is 11.6. The number of benzene rings is 1. The summed E-state index contributed by atoms with van der Waals surface area (Å²) < 4.78 is 25.9. The first-order chi connectivity index (χ1) is 10.1. The number of hydrogen-bond acceptors (Lipinski definition) is 3. The van der Waals surface area contributed by atoms with Crippen molar-refractivity contribution in [2.24, 2.45) is 0 Å². The second kappa shape index (κ2) is 6.88. The second-order valence-corrected chi connectivity index (χ2v) is 4.70. The molecule has 0 aliphatic rings. The van der Waals surface area contributed by atoms with Crippen LogP contribution >= 0.6 is 0 Å². The van der Waals surface area contributed by atoms with Gasteiger partial charge >= 0.3 is 0 Å².